The third-order valence-electron chi connectivity index (χ3n) is 2.99. The predicted molar refractivity (Wildman–Crippen MR) is 93.3 cm³/mol. The summed E-state index contributed by atoms with van der Waals surface area (Å²) < 4.78 is 26.9. The number of hydrogen-bond donors (Lipinski definition) is 4. The minimum Gasteiger partial charge on any atom is -0.382 e. The molecule has 1 heterocycles. The van der Waals surface area contributed by atoms with Gasteiger partial charge in [0, 0.05) is 6.20 Å². The van der Waals surface area contributed by atoms with Crippen molar-refractivity contribution in [3.05, 3.63) is 54.4 Å². The molecule has 0 spiro atoms. The zero-order valence-electron chi connectivity index (χ0n) is 13.0. The van der Waals surface area contributed by atoms with Gasteiger partial charge >= 0.3 is 0 Å². The first kappa shape index (κ1) is 18.1. The van der Waals surface area contributed by atoms with Crippen molar-refractivity contribution in [3.63, 3.8) is 0 Å². The number of benzene rings is 1. The normalized spacial score (nSPS) is 11.6. The summed E-state index contributed by atoms with van der Waals surface area (Å²) in [5, 5.41) is 19.5. The van der Waals surface area contributed by atoms with Crippen LogP contribution in [0.3, 0.4) is 0 Å². The topological polar surface area (TPSA) is 157 Å². The van der Waals surface area contributed by atoms with E-state index in [0.29, 0.717) is 11.4 Å². The van der Waals surface area contributed by atoms with Crippen LogP contribution in [0.25, 0.3) is 0 Å². The van der Waals surface area contributed by atoms with E-state index < -0.39 is 15.9 Å². The van der Waals surface area contributed by atoms with Crippen LogP contribution in [0, 0.1) is 16.7 Å². The maximum atomic E-state index is 12.2. The maximum absolute atomic E-state index is 12.2. The number of amidine groups is 1. The number of rotatable bonds is 7. The molecule has 1 aromatic carbocycles. The van der Waals surface area contributed by atoms with Crippen LogP contribution in [-0.2, 0) is 16.6 Å². The van der Waals surface area contributed by atoms with Crippen LogP contribution in [0.5, 0.6) is 0 Å². The highest BCUT2D eigenvalue weighted by atomic mass is 32.2. The van der Waals surface area contributed by atoms with Gasteiger partial charge < -0.3 is 5.73 Å². The van der Waals surface area contributed by atoms with Gasteiger partial charge in [-0.25, -0.2) is 13.1 Å². The van der Waals surface area contributed by atoms with Crippen molar-refractivity contribution in [2.75, 3.05) is 5.43 Å². The minimum absolute atomic E-state index is 0.0741. The second-order valence-electron chi connectivity index (χ2n) is 4.77. The fraction of sp³-hybridized carbons (Fsp3) is 0.0667. The van der Waals surface area contributed by atoms with Crippen LogP contribution < -0.4 is 15.9 Å². The van der Waals surface area contributed by atoms with Gasteiger partial charge in [0.05, 0.1) is 22.8 Å². The first-order valence-corrected chi connectivity index (χ1v) is 8.48. The minimum atomic E-state index is -3.68. The van der Waals surface area contributed by atoms with E-state index in [1.165, 1.54) is 24.3 Å². The van der Waals surface area contributed by atoms with Crippen molar-refractivity contribution in [3.8, 4) is 6.07 Å². The Balaban J connectivity index is 2.05. The van der Waals surface area contributed by atoms with E-state index >= 15 is 0 Å². The molecule has 0 atom stereocenters. The second-order valence-corrected chi connectivity index (χ2v) is 6.53. The average molecular weight is 357 g/mol. The number of hydrazone groups is 1. The van der Waals surface area contributed by atoms with Gasteiger partial charge in [0.2, 0.25) is 15.7 Å². The van der Waals surface area contributed by atoms with E-state index in [9.17, 15) is 8.42 Å². The molecule has 25 heavy (non-hydrogen) atoms. The van der Waals surface area contributed by atoms with Crippen LogP contribution >= 0.6 is 0 Å². The summed E-state index contributed by atoms with van der Waals surface area (Å²) in [4.78, 5) is 4.12. The van der Waals surface area contributed by atoms with Crippen molar-refractivity contribution in [1.82, 2.24) is 9.71 Å². The van der Waals surface area contributed by atoms with Crippen molar-refractivity contribution < 1.29 is 8.42 Å². The van der Waals surface area contributed by atoms with Gasteiger partial charge in [0.25, 0.3) is 0 Å². The molecule has 0 amide bonds. The number of pyridine rings is 1. The van der Waals surface area contributed by atoms with E-state index in [1.54, 1.807) is 30.5 Å². The molecule has 0 aliphatic rings. The summed E-state index contributed by atoms with van der Waals surface area (Å²) in [6.07, 6.45) is 1.58. The molecule has 0 saturated heterocycles. The van der Waals surface area contributed by atoms with Crippen molar-refractivity contribution in [2.45, 2.75) is 11.4 Å². The van der Waals surface area contributed by atoms with E-state index in [0.717, 1.165) is 0 Å². The molecule has 5 N–H and O–H groups in total. The number of nitrogens with one attached hydrogen (secondary N) is 3. The lowest BCUT2D eigenvalue weighted by Crippen LogP contribution is -2.23. The predicted octanol–water partition coefficient (Wildman–Crippen LogP) is 0.788. The van der Waals surface area contributed by atoms with E-state index in [4.69, 9.17) is 16.4 Å². The number of aromatic nitrogens is 1. The monoisotopic (exact) mass is 357 g/mol. The van der Waals surface area contributed by atoms with Crippen LogP contribution in [0.4, 0.5) is 5.69 Å². The number of sulfonamides is 1. The zero-order valence-corrected chi connectivity index (χ0v) is 13.8. The van der Waals surface area contributed by atoms with Gasteiger partial charge in [-0.15, -0.1) is 0 Å². The Morgan fingerprint density at radius 3 is 2.56 bits per heavy atom. The molecular weight excluding hydrogens is 342 g/mol. The number of hydrogen-bond acceptors (Lipinski definition) is 7. The molecule has 0 saturated carbocycles. The van der Waals surface area contributed by atoms with Gasteiger partial charge in [0.15, 0.2) is 5.84 Å². The first-order chi connectivity index (χ1) is 11.9. The Bertz CT molecular complexity index is 917. The Kier molecular flexibility index (Phi) is 5.78. The van der Waals surface area contributed by atoms with E-state index in [2.05, 4.69) is 20.2 Å². The highest BCUT2D eigenvalue weighted by molar-refractivity contribution is 7.89. The first-order valence-electron chi connectivity index (χ1n) is 7.00. The lowest BCUT2D eigenvalue weighted by Gasteiger charge is -2.07. The summed E-state index contributed by atoms with van der Waals surface area (Å²) in [6, 6.07) is 12.6. The number of anilines is 1. The Morgan fingerprint density at radius 1 is 1.28 bits per heavy atom. The molecule has 0 aliphatic heterocycles. The van der Waals surface area contributed by atoms with Crippen molar-refractivity contribution in [2.24, 2.45) is 10.8 Å². The van der Waals surface area contributed by atoms with E-state index in [1.807, 2.05) is 0 Å². The average Bonchev–Trinajstić information content (AvgIpc) is 2.62. The molecule has 0 unspecified atom stereocenters. The van der Waals surface area contributed by atoms with Crippen molar-refractivity contribution >= 4 is 27.3 Å². The zero-order chi connectivity index (χ0) is 18.3. The summed E-state index contributed by atoms with van der Waals surface area (Å²) in [7, 11) is -3.68. The number of nitrogens with two attached hydrogens (primary N) is 1. The smallest absolute Gasteiger partial charge is 0.240 e. The third-order valence-corrected chi connectivity index (χ3v) is 4.41. The fourth-order valence-electron chi connectivity index (χ4n) is 1.73. The lowest BCUT2D eigenvalue weighted by molar-refractivity contribution is 0.580. The summed E-state index contributed by atoms with van der Waals surface area (Å²) >= 11 is 0. The molecule has 2 aromatic rings. The van der Waals surface area contributed by atoms with Gasteiger partial charge in [0.1, 0.15) is 6.07 Å². The maximum Gasteiger partial charge on any atom is 0.240 e. The highest BCUT2D eigenvalue weighted by Crippen LogP contribution is 2.14. The molecular formula is C15H15N7O2S. The number of nitrogens with zero attached hydrogens (tertiary/aromatic N) is 3. The standard InChI is InChI=1S/C15H15N7O2S/c16-9-14(15(17)18)22-21-11-4-6-13(7-5-11)25(23,24)20-10-12-3-1-2-8-19-12/h1-8,20-21H,10H2,(H3,17,18)/b22-14+. The molecule has 0 bridgehead atoms. The van der Waals surface area contributed by atoms with E-state index in [-0.39, 0.29) is 17.2 Å². The van der Waals surface area contributed by atoms with Gasteiger partial charge in [-0.1, -0.05) is 6.07 Å². The highest BCUT2D eigenvalue weighted by Gasteiger charge is 2.13. The van der Waals surface area contributed by atoms with Crippen LogP contribution in [0.1, 0.15) is 5.69 Å². The molecule has 0 radical (unpaired) electrons. The van der Waals surface area contributed by atoms with Crippen LogP contribution in [0.2, 0.25) is 0 Å². The lowest BCUT2D eigenvalue weighted by atomic mass is 10.3. The summed E-state index contributed by atoms with van der Waals surface area (Å²) in [5.74, 6) is -0.465. The van der Waals surface area contributed by atoms with Gasteiger partial charge in [-0.05, 0) is 36.4 Å². The number of nitriles is 1. The van der Waals surface area contributed by atoms with Crippen LogP contribution in [-0.4, -0.2) is 24.9 Å². The quantitative estimate of drug-likeness (QED) is 0.326. The Hall–Kier alpha value is -3.29. The van der Waals surface area contributed by atoms with Crippen molar-refractivity contribution in [1.29, 1.82) is 10.7 Å². The summed E-state index contributed by atoms with van der Waals surface area (Å²) in [6.45, 7) is 0.0810. The fourth-order valence-corrected chi connectivity index (χ4v) is 2.73. The molecule has 10 heteroatoms. The molecule has 1 aromatic heterocycles. The SMILES string of the molecule is N#C/C(=N\Nc1ccc(S(=O)(=O)NCc2ccccn2)cc1)C(=N)N. The summed E-state index contributed by atoms with van der Waals surface area (Å²) in [5.41, 5.74) is 8.48. The van der Waals surface area contributed by atoms with Crippen LogP contribution in [0.15, 0.2) is 58.7 Å². The molecule has 0 aliphatic carbocycles. The third kappa shape index (κ3) is 5.10. The Morgan fingerprint density at radius 2 is 2.00 bits per heavy atom. The largest absolute Gasteiger partial charge is 0.382 e. The molecule has 2 rings (SSSR count). The molecule has 128 valence electrons. The molecule has 0 fully saturated rings. The Labute approximate surface area is 144 Å². The second kappa shape index (κ2) is 8.00. The molecule has 9 nitrogen and oxygen atoms in total. The van der Waals surface area contributed by atoms with Gasteiger partial charge in [-0.3, -0.25) is 15.8 Å². The van der Waals surface area contributed by atoms with Gasteiger partial charge in [-0.2, -0.15) is 10.4 Å².